The second-order valence-corrected chi connectivity index (χ2v) is 8.58. The number of aliphatic hydroxyl groups excluding tert-OH is 1. The summed E-state index contributed by atoms with van der Waals surface area (Å²) in [6, 6.07) is 9.40. The van der Waals surface area contributed by atoms with Crippen molar-refractivity contribution in [1.29, 1.82) is 0 Å². The number of nitrogens with one attached hydrogen (secondary N) is 1. The fraction of sp³-hybridized carbons (Fsp3) is 0.421. The maximum absolute atomic E-state index is 13.0. The number of hydrogen-bond donors (Lipinski definition) is 2. The molecule has 1 aromatic carbocycles. The monoisotopic (exact) mass is 407 g/mol. The van der Waals surface area contributed by atoms with Crippen LogP contribution in [-0.2, 0) is 10.0 Å². The molecule has 2 aromatic rings. The molecule has 1 aliphatic heterocycles. The summed E-state index contributed by atoms with van der Waals surface area (Å²) < 4.78 is 32.5. The highest BCUT2D eigenvalue weighted by Crippen LogP contribution is 2.22. The lowest BCUT2D eigenvalue weighted by Crippen LogP contribution is -2.52. The molecule has 1 aromatic heterocycles. The molecule has 152 valence electrons. The SMILES string of the molecule is CCC(CO)N1CCN(S(=O)(=O)c2cccc(NC(=O)c3ccco3)c2)CC1. The van der Waals surface area contributed by atoms with Crippen LogP contribution in [-0.4, -0.2) is 67.5 Å². The van der Waals surface area contributed by atoms with Gasteiger partial charge in [0.05, 0.1) is 17.8 Å². The van der Waals surface area contributed by atoms with E-state index in [-0.39, 0.29) is 23.3 Å². The van der Waals surface area contributed by atoms with Gasteiger partial charge in [0.2, 0.25) is 10.0 Å². The molecule has 0 radical (unpaired) electrons. The molecular weight excluding hydrogens is 382 g/mol. The maximum atomic E-state index is 13.0. The minimum absolute atomic E-state index is 0.0602. The van der Waals surface area contributed by atoms with Crippen LogP contribution in [0, 0.1) is 0 Å². The van der Waals surface area contributed by atoms with Gasteiger partial charge in [-0.2, -0.15) is 4.31 Å². The van der Waals surface area contributed by atoms with Gasteiger partial charge in [0.15, 0.2) is 5.76 Å². The fourth-order valence-electron chi connectivity index (χ4n) is 3.30. The second-order valence-electron chi connectivity index (χ2n) is 6.64. The summed E-state index contributed by atoms with van der Waals surface area (Å²) in [4.78, 5) is 14.4. The van der Waals surface area contributed by atoms with Crippen LogP contribution in [0.15, 0.2) is 52.0 Å². The van der Waals surface area contributed by atoms with E-state index in [4.69, 9.17) is 4.42 Å². The highest BCUT2D eigenvalue weighted by atomic mass is 32.2. The highest BCUT2D eigenvalue weighted by Gasteiger charge is 2.30. The number of rotatable bonds is 7. The van der Waals surface area contributed by atoms with Gasteiger partial charge in [-0.3, -0.25) is 9.69 Å². The van der Waals surface area contributed by atoms with E-state index >= 15 is 0 Å². The number of furan rings is 1. The predicted octanol–water partition coefficient (Wildman–Crippen LogP) is 1.61. The van der Waals surface area contributed by atoms with E-state index in [1.807, 2.05) is 6.92 Å². The second kappa shape index (κ2) is 8.87. The molecule has 8 nitrogen and oxygen atoms in total. The van der Waals surface area contributed by atoms with Gasteiger partial charge in [-0.15, -0.1) is 0 Å². The van der Waals surface area contributed by atoms with Crippen LogP contribution in [0.3, 0.4) is 0 Å². The molecule has 1 unspecified atom stereocenters. The average Bonchev–Trinajstić information content (AvgIpc) is 3.25. The zero-order valence-electron chi connectivity index (χ0n) is 15.7. The van der Waals surface area contributed by atoms with E-state index in [0.29, 0.717) is 31.9 Å². The number of carbonyl (C=O) groups is 1. The van der Waals surface area contributed by atoms with E-state index in [2.05, 4.69) is 10.2 Å². The number of sulfonamides is 1. The van der Waals surface area contributed by atoms with Gasteiger partial charge in [0, 0.05) is 37.9 Å². The van der Waals surface area contributed by atoms with Gasteiger partial charge in [-0.25, -0.2) is 8.42 Å². The number of carbonyl (C=O) groups excluding carboxylic acids is 1. The lowest BCUT2D eigenvalue weighted by molar-refractivity contribution is 0.0881. The standard InChI is InChI=1S/C19H25N3O5S/c1-2-16(14-23)21-8-10-22(11-9-21)28(25,26)17-6-3-5-15(13-17)20-19(24)18-7-4-12-27-18/h3-7,12-13,16,23H,2,8-11,14H2,1H3,(H,20,24). The highest BCUT2D eigenvalue weighted by molar-refractivity contribution is 7.89. The molecule has 1 atom stereocenters. The summed E-state index contributed by atoms with van der Waals surface area (Å²) in [7, 11) is -3.67. The van der Waals surface area contributed by atoms with Crippen LogP contribution in [0.1, 0.15) is 23.9 Å². The van der Waals surface area contributed by atoms with Crippen molar-refractivity contribution < 1.29 is 22.7 Å². The van der Waals surface area contributed by atoms with E-state index in [0.717, 1.165) is 6.42 Å². The molecule has 2 heterocycles. The van der Waals surface area contributed by atoms with Gasteiger partial charge in [-0.1, -0.05) is 13.0 Å². The smallest absolute Gasteiger partial charge is 0.291 e. The number of benzene rings is 1. The Labute approximate surface area is 164 Å². The molecular formula is C19H25N3O5S. The molecule has 2 N–H and O–H groups in total. The minimum atomic E-state index is -3.67. The van der Waals surface area contributed by atoms with E-state index < -0.39 is 15.9 Å². The molecule has 0 saturated carbocycles. The molecule has 3 rings (SSSR count). The number of anilines is 1. The Balaban J connectivity index is 1.70. The van der Waals surface area contributed by atoms with Gasteiger partial charge in [0.25, 0.3) is 5.91 Å². The molecule has 1 fully saturated rings. The average molecular weight is 407 g/mol. The molecule has 0 aliphatic carbocycles. The van der Waals surface area contributed by atoms with E-state index in [9.17, 15) is 18.3 Å². The van der Waals surface area contributed by atoms with Crippen molar-refractivity contribution in [1.82, 2.24) is 9.21 Å². The Morgan fingerprint density at radius 3 is 2.57 bits per heavy atom. The number of hydrogen-bond acceptors (Lipinski definition) is 6. The van der Waals surface area contributed by atoms with Gasteiger partial charge < -0.3 is 14.8 Å². The lowest BCUT2D eigenvalue weighted by atomic mass is 10.2. The number of amides is 1. The molecule has 0 bridgehead atoms. The van der Waals surface area contributed by atoms with E-state index in [1.54, 1.807) is 18.2 Å². The fourth-order valence-corrected chi connectivity index (χ4v) is 4.76. The van der Waals surface area contributed by atoms with Crippen molar-refractivity contribution in [2.75, 3.05) is 38.1 Å². The van der Waals surface area contributed by atoms with Gasteiger partial charge >= 0.3 is 0 Å². The first-order valence-electron chi connectivity index (χ1n) is 9.25. The van der Waals surface area contributed by atoms with Crippen LogP contribution < -0.4 is 5.32 Å². The third-order valence-corrected chi connectivity index (χ3v) is 6.84. The zero-order chi connectivity index (χ0) is 20.1. The number of piperazine rings is 1. The molecule has 1 aliphatic rings. The summed E-state index contributed by atoms with van der Waals surface area (Å²) in [5, 5.41) is 12.1. The van der Waals surface area contributed by atoms with Crippen molar-refractivity contribution in [2.24, 2.45) is 0 Å². The van der Waals surface area contributed by atoms with Crippen LogP contribution in [0.5, 0.6) is 0 Å². The van der Waals surface area contributed by atoms with Crippen LogP contribution in [0.2, 0.25) is 0 Å². The summed E-state index contributed by atoms with van der Waals surface area (Å²) >= 11 is 0. The van der Waals surface area contributed by atoms with Crippen molar-refractivity contribution >= 4 is 21.6 Å². The van der Waals surface area contributed by atoms with Crippen molar-refractivity contribution in [3.05, 3.63) is 48.4 Å². The van der Waals surface area contributed by atoms with Crippen LogP contribution in [0.4, 0.5) is 5.69 Å². The van der Waals surface area contributed by atoms with Crippen LogP contribution in [0.25, 0.3) is 0 Å². The Morgan fingerprint density at radius 1 is 1.21 bits per heavy atom. The molecule has 9 heteroatoms. The molecule has 1 saturated heterocycles. The number of aliphatic hydroxyl groups is 1. The third kappa shape index (κ3) is 4.44. The predicted molar refractivity (Wildman–Crippen MR) is 105 cm³/mol. The minimum Gasteiger partial charge on any atom is -0.459 e. The maximum Gasteiger partial charge on any atom is 0.291 e. The summed E-state index contributed by atoms with van der Waals surface area (Å²) in [5.74, 6) is -0.290. The van der Waals surface area contributed by atoms with Crippen molar-refractivity contribution in [3.8, 4) is 0 Å². The quantitative estimate of drug-likeness (QED) is 0.723. The van der Waals surface area contributed by atoms with Gasteiger partial charge in [0.1, 0.15) is 0 Å². The molecule has 0 spiro atoms. The first-order valence-corrected chi connectivity index (χ1v) is 10.7. The van der Waals surface area contributed by atoms with Crippen molar-refractivity contribution in [3.63, 3.8) is 0 Å². The lowest BCUT2D eigenvalue weighted by Gasteiger charge is -2.37. The molecule has 1 amide bonds. The van der Waals surface area contributed by atoms with Crippen LogP contribution >= 0.6 is 0 Å². The van der Waals surface area contributed by atoms with E-state index in [1.165, 1.54) is 28.8 Å². The third-order valence-electron chi connectivity index (χ3n) is 4.95. The van der Waals surface area contributed by atoms with Crippen molar-refractivity contribution in [2.45, 2.75) is 24.3 Å². The Hall–Kier alpha value is -2.20. The Kier molecular flexibility index (Phi) is 6.50. The first kappa shape index (κ1) is 20.5. The zero-order valence-corrected chi connectivity index (χ0v) is 16.6. The topological polar surface area (TPSA) is 103 Å². The largest absolute Gasteiger partial charge is 0.459 e. The number of nitrogens with zero attached hydrogens (tertiary/aromatic N) is 2. The summed E-state index contributed by atoms with van der Waals surface area (Å²) in [6.07, 6.45) is 2.22. The normalized spacial score (nSPS) is 17.4. The summed E-state index contributed by atoms with van der Waals surface area (Å²) in [5.41, 5.74) is 0.382. The first-order chi connectivity index (χ1) is 13.5. The van der Waals surface area contributed by atoms with Gasteiger partial charge in [-0.05, 0) is 36.8 Å². The summed E-state index contributed by atoms with van der Waals surface area (Å²) in [6.45, 7) is 3.96. The Bertz CT molecular complexity index is 886. The molecule has 28 heavy (non-hydrogen) atoms. The Morgan fingerprint density at radius 2 is 1.96 bits per heavy atom.